The van der Waals surface area contributed by atoms with Crippen LogP contribution < -0.4 is 10.6 Å². The summed E-state index contributed by atoms with van der Waals surface area (Å²) in [6.45, 7) is 2.16. The Morgan fingerprint density at radius 2 is 2.00 bits per heavy atom. The number of nitrogens with one attached hydrogen (secondary N) is 2. The molecule has 7 heteroatoms. The Bertz CT molecular complexity index is 859. The summed E-state index contributed by atoms with van der Waals surface area (Å²) in [7, 11) is 0. The van der Waals surface area contributed by atoms with Gasteiger partial charge in [0.2, 0.25) is 5.91 Å². The van der Waals surface area contributed by atoms with Crippen molar-refractivity contribution in [3.05, 3.63) is 70.7 Å². The van der Waals surface area contributed by atoms with Crippen molar-refractivity contribution in [3.63, 3.8) is 0 Å². The van der Waals surface area contributed by atoms with E-state index in [1.165, 1.54) is 11.3 Å². The highest BCUT2D eigenvalue weighted by molar-refractivity contribution is 7.12. The normalized spacial score (nSPS) is 11.7. The highest BCUT2D eigenvalue weighted by atomic mass is 32.1. The van der Waals surface area contributed by atoms with E-state index in [4.69, 9.17) is 0 Å². The fourth-order valence-electron chi connectivity index (χ4n) is 2.44. The molecule has 1 atom stereocenters. The quantitative estimate of drug-likeness (QED) is 0.672. The number of nitrogens with zero attached hydrogens (tertiary/aromatic N) is 2. The summed E-state index contributed by atoms with van der Waals surface area (Å²) in [6.07, 6.45) is 4.41. The summed E-state index contributed by atoms with van der Waals surface area (Å²) in [5.74, 6) is -0.433. The number of rotatable bonds is 7. The number of amides is 2. The molecule has 0 aliphatic heterocycles. The molecule has 2 amide bonds. The van der Waals surface area contributed by atoms with Crippen LogP contribution in [0.1, 0.15) is 22.2 Å². The maximum absolute atomic E-state index is 12.1. The van der Waals surface area contributed by atoms with Gasteiger partial charge in [-0.2, -0.15) is 5.10 Å². The predicted molar refractivity (Wildman–Crippen MR) is 102 cm³/mol. The lowest BCUT2D eigenvalue weighted by molar-refractivity contribution is -0.122. The molecule has 2 N–H and O–H groups in total. The molecule has 0 spiro atoms. The largest absolute Gasteiger partial charge is 0.354 e. The zero-order valence-electron chi connectivity index (χ0n) is 14.4. The van der Waals surface area contributed by atoms with Crippen LogP contribution in [0.15, 0.2) is 60.2 Å². The average Bonchev–Trinajstić information content (AvgIpc) is 3.34. The van der Waals surface area contributed by atoms with Crippen LogP contribution in [0.3, 0.4) is 0 Å². The first kappa shape index (κ1) is 17.9. The van der Waals surface area contributed by atoms with Crippen LogP contribution >= 0.6 is 11.3 Å². The molecular formula is C19H20N4O2S. The lowest BCUT2D eigenvalue weighted by atomic mass is 10.2. The zero-order valence-corrected chi connectivity index (χ0v) is 15.2. The van der Waals surface area contributed by atoms with E-state index in [0.29, 0.717) is 17.8 Å². The zero-order chi connectivity index (χ0) is 18.4. The minimum atomic E-state index is -0.586. The standard InChI is InChI=1S/C19H20N4O2S/c1-14(22-19(25)17-8-5-11-26-17)18(24)20-10-9-15-12-21-23(13-15)16-6-3-2-4-7-16/h2-8,11-14H,9-10H2,1H3,(H,20,24)(H,22,25). The highest BCUT2D eigenvalue weighted by Gasteiger charge is 2.16. The lowest BCUT2D eigenvalue weighted by Gasteiger charge is -2.13. The first-order valence-corrected chi connectivity index (χ1v) is 9.22. The molecular weight excluding hydrogens is 348 g/mol. The van der Waals surface area contributed by atoms with Gasteiger partial charge in [-0.3, -0.25) is 9.59 Å². The summed E-state index contributed by atoms with van der Waals surface area (Å²) in [6, 6.07) is 12.8. The molecule has 0 radical (unpaired) electrons. The highest BCUT2D eigenvalue weighted by Crippen LogP contribution is 2.09. The lowest BCUT2D eigenvalue weighted by Crippen LogP contribution is -2.45. The molecule has 1 aromatic carbocycles. The van der Waals surface area contributed by atoms with Crippen LogP contribution in [-0.2, 0) is 11.2 Å². The summed E-state index contributed by atoms with van der Waals surface area (Å²) in [5.41, 5.74) is 2.03. The van der Waals surface area contributed by atoms with Gasteiger partial charge < -0.3 is 10.6 Å². The van der Waals surface area contributed by atoms with E-state index in [1.54, 1.807) is 29.9 Å². The van der Waals surface area contributed by atoms with Crippen molar-refractivity contribution in [2.24, 2.45) is 0 Å². The second kappa shape index (κ2) is 8.44. The number of benzene rings is 1. The summed E-state index contributed by atoms with van der Waals surface area (Å²) in [5, 5.41) is 11.7. The summed E-state index contributed by atoms with van der Waals surface area (Å²) < 4.78 is 1.81. The Balaban J connectivity index is 1.45. The topological polar surface area (TPSA) is 76.0 Å². The molecule has 1 unspecified atom stereocenters. The average molecular weight is 368 g/mol. The van der Waals surface area contributed by atoms with Crippen molar-refractivity contribution < 1.29 is 9.59 Å². The molecule has 0 aliphatic rings. The first-order valence-electron chi connectivity index (χ1n) is 8.34. The van der Waals surface area contributed by atoms with Gasteiger partial charge in [-0.15, -0.1) is 11.3 Å². The maximum atomic E-state index is 12.1. The van der Waals surface area contributed by atoms with E-state index >= 15 is 0 Å². The minimum Gasteiger partial charge on any atom is -0.354 e. The van der Waals surface area contributed by atoms with Crippen LogP contribution in [0.2, 0.25) is 0 Å². The Labute approximate surface area is 155 Å². The fraction of sp³-hybridized carbons (Fsp3) is 0.211. The number of para-hydroxylation sites is 1. The third kappa shape index (κ3) is 4.58. The number of hydrogen-bond acceptors (Lipinski definition) is 4. The first-order chi connectivity index (χ1) is 12.6. The molecule has 2 aromatic heterocycles. The van der Waals surface area contributed by atoms with Crippen LogP contribution in [0.25, 0.3) is 5.69 Å². The van der Waals surface area contributed by atoms with Gasteiger partial charge >= 0.3 is 0 Å². The molecule has 3 rings (SSSR count). The van der Waals surface area contributed by atoms with Gasteiger partial charge in [0.1, 0.15) is 6.04 Å². The second-order valence-electron chi connectivity index (χ2n) is 5.84. The smallest absolute Gasteiger partial charge is 0.261 e. The number of hydrogen-bond donors (Lipinski definition) is 2. The van der Waals surface area contributed by atoms with Gasteiger partial charge in [-0.05, 0) is 42.5 Å². The monoisotopic (exact) mass is 368 g/mol. The minimum absolute atomic E-state index is 0.203. The van der Waals surface area contributed by atoms with Crippen molar-refractivity contribution in [1.82, 2.24) is 20.4 Å². The van der Waals surface area contributed by atoms with Crippen LogP contribution in [-0.4, -0.2) is 34.2 Å². The third-order valence-corrected chi connectivity index (χ3v) is 4.72. The Morgan fingerprint density at radius 3 is 2.73 bits per heavy atom. The van der Waals surface area contributed by atoms with E-state index in [2.05, 4.69) is 15.7 Å². The van der Waals surface area contributed by atoms with Crippen molar-refractivity contribution in [2.75, 3.05) is 6.54 Å². The molecule has 0 saturated carbocycles. The molecule has 0 fully saturated rings. The summed E-state index contributed by atoms with van der Waals surface area (Å²) >= 11 is 1.35. The van der Waals surface area contributed by atoms with Gasteiger partial charge in [0, 0.05) is 12.7 Å². The Morgan fingerprint density at radius 1 is 1.19 bits per heavy atom. The van der Waals surface area contributed by atoms with Crippen molar-refractivity contribution in [2.45, 2.75) is 19.4 Å². The molecule has 2 heterocycles. The van der Waals surface area contributed by atoms with E-state index in [-0.39, 0.29) is 11.8 Å². The predicted octanol–water partition coefficient (Wildman–Crippen LogP) is 2.41. The number of carbonyl (C=O) groups excluding carboxylic acids is 2. The van der Waals surface area contributed by atoms with Gasteiger partial charge in [-0.25, -0.2) is 4.68 Å². The van der Waals surface area contributed by atoms with Crippen LogP contribution in [0.4, 0.5) is 0 Å². The van der Waals surface area contributed by atoms with Gasteiger partial charge in [-0.1, -0.05) is 24.3 Å². The van der Waals surface area contributed by atoms with Crippen molar-refractivity contribution in [1.29, 1.82) is 0 Å². The third-order valence-electron chi connectivity index (χ3n) is 3.86. The Hall–Kier alpha value is -2.93. The van der Waals surface area contributed by atoms with E-state index in [1.807, 2.05) is 41.9 Å². The van der Waals surface area contributed by atoms with Gasteiger partial charge in [0.15, 0.2) is 0 Å². The number of carbonyl (C=O) groups is 2. The molecule has 3 aromatic rings. The second-order valence-corrected chi connectivity index (χ2v) is 6.79. The van der Waals surface area contributed by atoms with Crippen molar-refractivity contribution >= 4 is 23.2 Å². The van der Waals surface area contributed by atoms with E-state index in [0.717, 1.165) is 11.3 Å². The molecule has 0 saturated heterocycles. The van der Waals surface area contributed by atoms with Gasteiger partial charge in [0.05, 0.1) is 16.8 Å². The molecule has 0 bridgehead atoms. The number of aromatic nitrogens is 2. The van der Waals surface area contributed by atoms with Crippen molar-refractivity contribution in [3.8, 4) is 5.69 Å². The van der Waals surface area contributed by atoms with E-state index in [9.17, 15) is 9.59 Å². The summed E-state index contributed by atoms with van der Waals surface area (Å²) in [4.78, 5) is 24.7. The van der Waals surface area contributed by atoms with Gasteiger partial charge in [0.25, 0.3) is 5.91 Å². The molecule has 26 heavy (non-hydrogen) atoms. The number of thiophene rings is 1. The Kier molecular flexibility index (Phi) is 5.80. The van der Waals surface area contributed by atoms with Crippen LogP contribution in [0, 0.1) is 0 Å². The molecule has 134 valence electrons. The van der Waals surface area contributed by atoms with E-state index < -0.39 is 6.04 Å². The SMILES string of the molecule is CC(NC(=O)c1cccs1)C(=O)NCCc1cnn(-c2ccccc2)c1. The maximum Gasteiger partial charge on any atom is 0.261 e. The molecule has 6 nitrogen and oxygen atoms in total. The molecule has 0 aliphatic carbocycles. The van der Waals surface area contributed by atoms with Crippen LogP contribution in [0.5, 0.6) is 0 Å². The fourth-order valence-corrected chi connectivity index (χ4v) is 3.06.